The summed E-state index contributed by atoms with van der Waals surface area (Å²) in [6.45, 7) is 0.241. The fourth-order valence-electron chi connectivity index (χ4n) is 4.26. The number of carbonyl (C=O) groups excluding carboxylic acids is 2. The molecule has 10 nitrogen and oxygen atoms in total. The van der Waals surface area contributed by atoms with Crippen molar-refractivity contribution in [2.75, 3.05) is 0 Å². The van der Waals surface area contributed by atoms with E-state index in [1.54, 1.807) is 6.07 Å². The molecular weight excluding hydrogens is 560 g/mol. The van der Waals surface area contributed by atoms with Gasteiger partial charge in [0.15, 0.2) is 23.0 Å². The minimum absolute atomic E-state index is 0.0116. The first-order chi connectivity index (χ1) is 21.2. The van der Waals surface area contributed by atoms with E-state index in [-0.39, 0.29) is 29.9 Å². The molecule has 0 heterocycles. The summed E-state index contributed by atoms with van der Waals surface area (Å²) in [6, 6.07) is 29.0. The number of benzene rings is 4. The van der Waals surface area contributed by atoms with Crippen molar-refractivity contribution in [1.29, 1.82) is 10.5 Å². The molecule has 5 N–H and O–H groups in total. The van der Waals surface area contributed by atoms with Crippen molar-refractivity contribution in [2.24, 2.45) is 0 Å². The van der Waals surface area contributed by atoms with E-state index < -0.39 is 46.0 Å². The van der Waals surface area contributed by atoms with E-state index in [1.807, 2.05) is 66.7 Å². The van der Waals surface area contributed by atoms with Gasteiger partial charge in [-0.05, 0) is 53.1 Å². The van der Waals surface area contributed by atoms with E-state index in [4.69, 9.17) is 0 Å². The fraction of sp³-hybridized carbons (Fsp3) is 0.0588. The third kappa shape index (κ3) is 7.40. The van der Waals surface area contributed by atoms with Crippen LogP contribution < -0.4 is 5.32 Å². The number of nitriles is 2. The summed E-state index contributed by atoms with van der Waals surface area (Å²) in [4.78, 5) is 28.9. The molecule has 4 aromatic carbocycles. The summed E-state index contributed by atoms with van der Waals surface area (Å²) < 4.78 is 0. The highest BCUT2D eigenvalue weighted by molar-refractivity contribution is 6.11. The molecule has 0 atom stereocenters. The van der Waals surface area contributed by atoms with Crippen molar-refractivity contribution >= 4 is 23.6 Å². The molecule has 4 aromatic rings. The predicted molar refractivity (Wildman–Crippen MR) is 161 cm³/mol. The molecule has 0 bridgehead atoms. The molecule has 10 heteroatoms. The van der Waals surface area contributed by atoms with Crippen LogP contribution >= 0.6 is 0 Å². The number of carbonyl (C=O) groups is 2. The third-order valence-electron chi connectivity index (χ3n) is 6.47. The van der Waals surface area contributed by atoms with Gasteiger partial charge in [-0.25, -0.2) is 0 Å². The van der Waals surface area contributed by atoms with Crippen LogP contribution in [-0.4, -0.2) is 37.1 Å². The third-order valence-corrected chi connectivity index (χ3v) is 6.47. The van der Waals surface area contributed by atoms with E-state index in [2.05, 4.69) is 5.32 Å². The van der Waals surface area contributed by atoms with Crippen molar-refractivity contribution in [3.05, 3.63) is 130 Å². The van der Waals surface area contributed by atoms with E-state index in [1.165, 1.54) is 23.1 Å². The van der Waals surface area contributed by atoms with Gasteiger partial charge in [-0.3, -0.25) is 9.59 Å². The Morgan fingerprint density at radius 3 is 1.75 bits per heavy atom. The molecular formula is C34H26N4O6. The molecule has 0 saturated heterocycles. The van der Waals surface area contributed by atoms with Crippen molar-refractivity contribution < 1.29 is 30.0 Å². The second-order valence-corrected chi connectivity index (χ2v) is 9.57. The highest BCUT2D eigenvalue weighted by atomic mass is 16.3. The Kier molecular flexibility index (Phi) is 9.62. The SMILES string of the molecule is N#CC(=Cc1ccc(O)c(O)c1)C(=O)NC(=C(C#N)C(=O)N(Cc1ccccc1)Cc1ccccc1)c1ccc(O)c(O)c1. The summed E-state index contributed by atoms with van der Waals surface area (Å²) in [7, 11) is 0. The quantitative estimate of drug-likeness (QED) is 0.106. The first-order valence-corrected chi connectivity index (χ1v) is 13.2. The lowest BCUT2D eigenvalue weighted by Gasteiger charge is -2.24. The number of nitrogens with one attached hydrogen (secondary N) is 1. The van der Waals surface area contributed by atoms with Gasteiger partial charge in [0, 0.05) is 18.7 Å². The van der Waals surface area contributed by atoms with Crippen molar-refractivity contribution in [3.8, 4) is 35.1 Å². The van der Waals surface area contributed by atoms with E-state index in [9.17, 15) is 40.5 Å². The number of hydrogen-bond acceptors (Lipinski definition) is 8. The lowest BCUT2D eigenvalue weighted by molar-refractivity contribution is -0.127. The monoisotopic (exact) mass is 586 g/mol. The molecule has 0 unspecified atom stereocenters. The second-order valence-electron chi connectivity index (χ2n) is 9.57. The largest absolute Gasteiger partial charge is 0.504 e. The van der Waals surface area contributed by atoms with Gasteiger partial charge in [-0.1, -0.05) is 66.7 Å². The summed E-state index contributed by atoms with van der Waals surface area (Å²) >= 11 is 0. The molecule has 2 amide bonds. The molecule has 0 saturated carbocycles. The maximum Gasteiger partial charge on any atom is 0.267 e. The van der Waals surface area contributed by atoms with Gasteiger partial charge in [-0.15, -0.1) is 0 Å². The van der Waals surface area contributed by atoms with Gasteiger partial charge in [-0.2, -0.15) is 10.5 Å². The Bertz CT molecular complexity index is 1800. The zero-order valence-electron chi connectivity index (χ0n) is 23.2. The number of phenolic OH excluding ortho intramolecular Hbond substituents is 4. The van der Waals surface area contributed by atoms with Crippen LogP contribution in [0.3, 0.4) is 0 Å². The minimum Gasteiger partial charge on any atom is -0.504 e. The van der Waals surface area contributed by atoms with Crippen molar-refractivity contribution in [2.45, 2.75) is 13.1 Å². The summed E-state index contributed by atoms with van der Waals surface area (Å²) in [5.74, 6) is -3.64. The maximum absolute atomic E-state index is 14.1. The Labute approximate surface area is 252 Å². The zero-order chi connectivity index (χ0) is 31.6. The van der Waals surface area contributed by atoms with Crippen LogP contribution in [0.25, 0.3) is 11.8 Å². The smallest absolute Gasteiger partial charge is 0.267 e. The number of hydrogen-bond donors (Lipinski definition) is 5. The van der Waals surface area contributed by atoms with Crippen LogP contribution in [0.2, 0.25) is 0 Å². The van der Waals surface area contributed by atoms with Crippen molar-refractivity contribution in [3.63, 3.8) is 0 Å². The summed E-state index contributed by atoms with van der Waals surface area (Å²) in [5, 5.41) is 62.0. The van der Waals surface area contributed by atoms with Crippen LogP contribution in [0.1, 0.15) is 22.3 Å². The lowest BCUT2D eigenvalue weighted by Crippen LogP contribution is -2.34. The molecule has 218 valence electrons. The van der Waals surface area contributed by atoms with Gasteiger partial charge >= 0.3 is 0 Å². The van der Waals surface area contributed by atoms with Crippen LogP contribution in [0.15, 0.2) is 108 Å². The average Bonchev–Trinajstić information content (AvgIpc) is 3.03. The molecule has 0 fully saturated rings. The van der Waals surface area contributed by atoms with Gasteiger partial charge < -0.3 is 30.6 Å². The minimum atomic E-state index is -0.999. The van der Waals surface area contributed by atoms with E-state index in [0.717, 1.165) is 35.4 Å². The number of rotatable bonds is 9. The molecule has 0 radical (unpaired) electrons. The number of aromatic hydroxyl groups is 4. The molecule has 0 aliphatic rings. The standard InChI is InChI=1S/C34H26N4O6/c35-18-26(15-24-11-13-28(39)30(41)16-24)33(43)37-32(25-12-14-29(40)31(42)17-25)27(19-36)34(44)38(20-22-7-3-1-4-8-22)21-23-9-5-2-6-10-23/h1-17,39-42H,20-21H2,(H,37,43). The normalized spacial score (nSPS) is 11.5. The Morgan fingerprint density at radius 2 is 1.25 bits per heavy atom. The highest BCUT2D eigenvalue weighted by Gasteiger charge is 2.26. The summed E-state index contributed by atoms with van der Waals surface area (Å²) in [6.07, 6.45) is 1.14. The predicted octanol–water partition coefficient (Wildman–Crippen LogP) is 4.70. The molecule has 4 rings (SSSR count). The number of phenols is 4. The molecule has 0 spiro atoms. The molecule has 44 heavy (non-hydrogen) atoms. The second kappa shape index (κ2) is 13.9. The molecule has 0 aromatic heterocycles. The first-order valence-electron chi connectivity index (χ1n) is 13.2. The lowest BCUT2D eigenvalue weighted by atomic mass is 10.0. The topological polar surface area (TPSA) is 178 Å². The Morgan fingerprint density at radius 1 is 0.705 bits per heavy atom. The summed E-state index contributed by atoms with van der Waals surface area (Å²) in [5.41, 5.74) is 0.549. The molecule has 0 aliphatic carbocycles. The number of nitrogens with zero attached hydrogens (tertiary/aromatic N) is 3. The van der Waals surface area contributed by atoms with Crippen LogP contribution in [0.4, 0.5) is 0 Å². The Balaban J connectivity index is 1.81. The van der Waals surface area contributed by atoms with Gasteiger partial charge in [0.25, 0.3) is 11.8 Å². The van der Waals surface area contributed by atoms with Crippen LogP contribution in [0.5, 0.6) is 23.0 Å². The van der Waals surface area contributed by atoms with Crippen LogP contribution in [-0.2, 0) is 22.7 Å². The Hall–Kier alpha value is -6.52. The van der Waals surface area contributed by atoms with Gasteiger partial charge in [0.1, 0.15) is 23.3 Å². The van der Waals surface area contributed by atoms with E-state index >= 15 is 0 Å². The van der Waals surface area contributed by atoms with E-state index in [0.29, 0.717) is 0 Å². The first kappa shape index (κ1) is 30.4. The fourth-order valence-corrected chi connectivity index (χ4v) is 4.26. The zero-order valence-corrected chi connectivity index (χ0v) is 23.2. The van der Waals surface area contributed by atoms with Gasteiger partial charge in [0.05, 0.1) is 5.70 Å². The number of amides is 2. The highest BCUT2D eigenvalue weighted by Crippen LogP contribution is 2.30. The van der Waals surface area contributed by atoms with Crippen LogP contribution in [0, 0.1) is 22.7 Å². The maximum atomic E-state index is 14.1. The van der Waals surface area contributed by atoms with Crippen molar-refractivity contribution in [1.82, 2.24) is 10.2 Å². The molecule has 0 aliphatic heterocycles. The van der Waals surface area contributed by atoms with Gasteiger partial charge in [0.2, 0.25) is 0 Å². The average molecular weight is 587 g/mol.